The van der Waals surface area contributed by atoms with Crippen LogP contribution in [0.5, 0.6) is 46.0 Å². The summed E-state index contributed by atoms with van der Waals surface area (Å²) in [4.78, 5) is 16.7. The summed E-state index contributed by atoms with van der Waals surface area (Å²) in [6.07, 6.45) is 12.1. The van der Waals surface area contributed by atoms with E-state index >= 15 is 0 Å². The highest BCUT2D eigenvalue weighted by Crippen LogP contribution is 2.44. The van der Waals surface area contributed by atoms with Crippen LogP contribution in [0.3, 0.4) is 0 Å². The van der Waals surface area contributed by atoms with Gasteiger partial charge in [0.05, 0.1) is 69.0 Å². The van der Waals surface area contributed by atoms with Crippen molar-refractivity contribution in [2.45, 2.75) is 76.3 Å². The number of rotatable bonds is 17. The van der Waals surface area contributed by atoms with E-state index in [0.29, 0.717) is 57.8 Å². The Balaban J connectivity index is 1.18. The minimum absolute atomic E-state index is 0.0832. The van der Waals surface area contributed by atoms with E-state index in [0.717, 1.165) is 106 Å². The molecule has 74 heavy (non-hydrogen) atoms. The van der Waals surface area contributed by atoms with Crippen molar-refractivity contribution in [1.82, 2.24) is 0 Å². The Morgan fingerprint density at radius 1 is 0.297 bits per heavy atom. The molecule has 0 saturated heterocycles. The predicted octanol–water partition coefficient (Wildman–Crippen LogP) is 13.5. The third-order valence-electron chi connectivity index (χ3n) is 15.6. The Morgan fingerprint density at radius 3 is 0.757 bits per heavy atom. The van der Waals surface area contributed by atoms with E-state index in [2.05, 4.69) is 94.7 Å². The first-order valence-electron chi connectivity index (χ1n) is 26.1. The number of hydrogen-bond donors (Lipinski definition) is 0. The Bertz CT molecular complexity index is 2590. The SMILES string of the molecule is COc1cc(OC)cc(-c2cc(-c3cc(OC)cc(OC)c3)cc(N3C[C@H](C4CCCCC4)N=C3C3=N[C@@H](C4CCCCC4)CN3c3cc(-c4cc(OC)cc(OC)c4)cc(-c4cc(OC)cc(OC)c4)c3)c2)c1. The minimum Gasteiger partial charge on any atom is -0.497 e. The smallest absolute Gasteiger partial charge is 0.172 e. The molecule has 0 amide bonds. The Hall–Kier alpha value is -7.34. The highest BCUT2D eigenvalue weighted by Gasteiger charge is 2.41. The lowest BCUT2D eigenvalue weighted by molar-refractivity contribution is 0.315. The maximum Gasteiger partial charge on any atom is 0.172 e. The summed E-state index contributed by atoms with van der Waals surface area (Å²) in [5.74, 6) is 8.39. The molecule has 386 valence electrons. The molecule has 2 fully saturated rings. The average molecular weight is 999 g/mol. The molecule has 0 N–H and O–H groups in total. The molecule has 2 atom stereocenters. The summed E-state index contributed by atoms with van der Waals surface area (Å²) in [5, 5.41) is 0. The predicted molar refractivity (Wildman–Crippen MR) is 297 cm³/mol. The molecule has 0 unspecified atom stereocenters. The summed E-state index contributed by atoms with van der Waals surface area (Å²) in [7, 11) is 13.5. The molecule has 0 radical (unpaired) electrons. The standard InChI is InChI=1S/C62H70N4O8/c1-67-51-25-45(26-52(33-51)68-2)41-19-42(46-27-53(69-3)34-54(28-46)70-4)22-49(21-41)65-37-59(39-15-11-9-12-16-39)63-61(65)62-64-60(40-17-13-10-14-18-40)38-66(62)50-23-43(47-29-55(71-5)35-56(30-47)72-6)20-44(24-50)48-31-57(73-7)36-58(32-48)74-8/h19-36,39-40,59-60H,9-18,37-38H2,1-8H3/t59-,60-/m1/s1. The van der Waals surface area contributed by atoms with Gasteiger partial charge in [0.1, 0.15) is 46.0 Å². The highest BCUT2D eigenvalue weighted by atomic mass is 16.5. The van der Waals surface area contributed by atoms with Gasteiger partial charge in [0, 0.05) is 48.7 Å². The first-order valence-corrected chi connectivity index (χ1v) is 26.1. The second-order valence-corrected chi connectivity index (χ2v) is 20.0. The van der Waals surface area contributed by atoms with Crippen molar-refractivity contribution in [3.05, 3.63) is 109 Å². The zero-order valence-corrected chi connectivity index (χ0v) is 44.2. The van der Waals surface area contributed by atoms with Crippen molar-refractivity contribution in [2.24, 2.45) is 21.8 Å². The van der Waals surface area contributed by atoms with Crippen molar-refractivity contribution in [2.75, 3.05) is 79.8 Å². The lowest BCUT2D eigenvalue weighted by Crippen LogP contribution is -2.42. The van der Waals surface area contributed by atoms with Gasteiger partial charge in [0.25, 0.3) is 0 Å². The number of anilines is 2. The maximum absolute atomic E-state index is 5.90. The number of amidine groups is 2. The first kappa shape index (κ1) is 50.2. The fourth-order valence-electron chi connectivity index (χ4n) is 11.5. The van der Waals surface area contributed by atoms with Crippen LogP contribution in [0.15, 0.2) is 119 Å². The topological polar surface area (TPSA) is 105 Å². The molecule has 2 saturated carbocycles. The van der Waals surface area contributed by atoms with E-state index in [9.17, 15) is 0 Å². The zero-order chi connectivity index (χ0) is 51.3. The molecule has 6 aromatic carbocycles. The molecular formula is C62H70N4O8. The van der Waals surface area contributed by atoms with Gasteiger partial charge in [-0.3, -0.25) is 9.98 Å². The molecule has 12 nitrogen and oxygen atoms in total. The largest absolute Gasteiger partial charge is 0.497 e. The molecule has 0 bridgehead atoms. The second kappa shape index (κ2) is 22.4. The third-order valence-corrected chi connectivity index (χ3v) is 15.6. The quantitative estimate of drug-likeness (QED) is 0.0877. The first-order chi connectivity index (χ1) is 36.2. The number of methoxy groups -OCH3 is 8. The molecule has 2 aliphatic heterocycles. The van der Waals surface area contributed by atoms with Crippen LogP contribution < -0.4 is 47.7 Å². The van der Waals surface area contributed by atoms with E-state index in [1.807, 2.05) is 24.3 Å². The molecule has 10 rings (SSSR count). The normalized spacial score (nSPS) is 18.2. The fourth-order valence-corrected chi connectivity index (χ4v) is 11.5. The Morgan fingerprint density at radius 2 is 0.527 bits per heavy atom. The lowest BCUT2D eigenvalue weighted by atomic mass is 9.84. The van der Waals surface area contributed by atoms with Crippen LogP contribution in [0.2, 0.25) is 0 Å². The van der Waals surface area contributed by atoms with Crippen LogP contribution in [0, 0.1) is 11.8 Å². The van der Waals surface area contributed by atoms with Gasteiger partial charge in [-0.05, 0) is 167 Å². The second-order valence-electron chi connectivity index (χ2n) is 20.0. The van der Waals surface area contributed by atoms with E-state index in [-0.39, 0.29) is 12.1 Å². The molecule has 12 heteroatoms. The molecule has 6 aromatic rings. The summed E-state index contributed by atoms with van der Waals surface area (Å²) in [6.45, 7) is 1.45. The Labute approximate surface area is 436 Å². The minimum atomic E-state index is 0.0832. The van der Waals surface area contributed by atoms with Crippen LogP contribution in [0.25, 0.3) is 44.5 Å². The Kier molecular flexibility index (Phi) is 15.2. The van der Waals surface area contributed by atoms with E-state index in [1.165, 1.54) is 38.5 Å². The van der Waals surface area contributed by atoms with Crippen molar-refractivity contribution in [3.8, 4) is 90.5 Å². The summed E-state index contributed by atoms with van der Waals surface area (Å²) < 4.78 is 46.7. The summed E-state index contributed by atoms with van der Waals surface area (Å²) in [5.41, 5.74) is 9.90. The van der Waals surface area contributed by atoms with Gasteiger partial charge in [0.2, 0.25) is 0 Å². The van der Waals surface area contributed by atoms with Crippen LogP contribution in [0.4, 0.5) is 11.4 Å². The monoisotopic (exact) mass is 999 g/mol. The van der Waals surface area contributed by atoms with Gasteiger partial charge in [-0.15, -0.1) is 0 Å². The number of hydrogen-bond acceptors (Lipinski definition) is 12. The lowest BCUT2D eigenvalue weighted by Gasteiger charge is -2.29. The third kappa shape index (κ3) is 10.7. The van der Waals surface area contributed by atoms with Crippen LogP contribution in [-0.2, 0) is 0 Å². The molecule has 0 aromatic heterocycles. The molecule has 2 aliphatic carbocycles. The molecule has 0 spiro atoms. The summed E-state index contributed by atoms with van der Waals surface area (Å²) in [6, 6.07) is 38.0. The van der Waals surface area contributed by atoms with Gasteiger partial charge in [0.15, 0.2) is 11.7 Å². The number of ether oxygens (including phenoxy) is 8. The van der Waals surface area contributed by atoms with Crippen LogP contribution >= 0.6 is 0 Å². The van der Waals surface area contributed by atoms with Crippen molar-refractivity contribution >= 4 is 23.0 Å². The average Bonchev–Trinajstić information content (AvgIpc) is 4.13. The molecule has 2 heterocycles. The highest BCUT2D eigenvalue weighted by molar-refractivity contribution is 6.50. The number of aliphatic imine (C=N–C) groups is 2. The van der Waals surface area contributed by atoms with Crippen molar-refractivity contribution in [3.63, 3.8) is 0 Å². The van der Waals surface area contributed by atoms with Crippen LogP contribution in [0.1, 0.15) is 64.2 Å². The van der Waals surface area contributed by atoms with Gasteiger partial charge >= 0.3 is 0 Å². The van der Waals surface area contributed by atoms with E-state index in [1.54, 1.807) is 56.9 Å². The van der Waals surface area contributed by atoms with Gasteiger partial charge < -0.3 is 47.7 Å². The van der Waals surface area contributed by atoms with Crippen molar-refractivity contribution in [1.29, 1.82) is 0 Å². The van der Waals surface area contributed by atoms with Gasteiger partial charge in [-0.25, -0.2) is 0 Å². The number of nitrogens with zero attached hydrogens (tertiary/aromatic N) is 4. The van der Waals surface area contributed by atoms with Crippen LogP contribution in [-0.4, -0.2) is 93.7 Å². The fraction of sp³-hybridized carbons (Fsp3) is 0.387. The van der Waals surface area contributed by atoms with Gasteiger partial charge in [-0.2, -0.15) is 0 Å². The number of benzene rings is 6. The van der Waals surface area contributed by atoms with E-state index < -0.39 is 0 Å². The van der Waals surface area contributed by atoms with E-state index in [4.69, 9.17) is 47.9 Å². The summed E-state index contributed by atoms with van der Waals surface area (Å²) >= 11 is 0. The zero-order valence-electron chi connectivity index (χ0n) is 44.2. The van der Waals surface area contributed by atoms with Gasteiger partial charge in [-0.1, -0.05) is 38.5 Å². The molecular weight excluding hydrogens is 929 g/mol. The van der Waals surface area contributed by atoms with Crippen molar-refractivity contribution < 1.29 is 37.9 Å². The maximum atomic E-state index is 5.90. The molecule has 4 aliphatic rings.